The minimum atomic E-state index is -0.872. The van der Waals surface area contributed by atoms with Crippen molar-refractivity contribution in [2.75, 3.05) is 13.2 Å². The Morgan fingerprint density at radius 2 is 1.57 bits per heavy atom. The summed E-state index contributed by atoms with van der Waals surface area (Å²) in [4.78, 5) is 44.3. The number of amides is 1. The molecule has 0 saturated carbocycles. The summed E-state index contributed by atoms with van der Waals surface area (Å²) in [7, 11) is 0. The van der Waals surface area contributed by atoms with Crippen molar-refractivity contribution in [2.24, 2.45) is 5.73 Å². The number of ether oxygens (including phenoxy) is 1. The van der Waals surface area contributed by atoms with Crippen LogP contribution in [0.1, 0.15) is 56.5 Å². The number of hydrogen-bond donors (Lipinski definition) is 3. The molecule has 190 valence electrons. The van der Waals surface area contributed by atoms with Crippen LogP contribution in [-0.2, 0) is 25.5 Å². The lowest BCUT2D eigenvalue weighted by Crippen LogP contribution is -2.46. The Hall–Kier alpha value is -3.36. The summed E-state index contributed by atoms with van der Waals surface area (Å²) in [5, 5.41) is 11.4. The molecule has 0 saturated heterocycles. The fourth-order valence-electron chi connectivity index (χ4n) is 2.94. The molecule has 0 aliphatic carbocycles. The predicted octanol–water partition coefficient (Wildman–Crippen LogP) is 2.84. The van der Waals surface area contributed by atoms with Gasteiger partial charge < -0.3 is 25.7 Å². The number of Topliss-reactive ketones (excluding diaryl/α,β-unsaturated/α-hetero) is 1. The van der Waals surface area contributed by atoms with Crippen LogP contribution in [0.5, 0.6) is 0 Å². The van der Waals surface area contributed by atoms with Crippen molar-refractivity contribution in [3.63, 3.8) is 0 Å². The first-order valence-electron chi connectivity index (χ1n) is 11.5. The SMILES string of the molecule is CC(C)(C)OC(=O)CCC=O.CCc1ccc(-c2ccc(C(=O)N[C@@H](CN)C(=O)CO)cc2)cc1. The first-order valence-corrected chi connectivity index (χ1v) is 11.5. The van der Waals surface area contributed by atoms with E-state index in [1.807, 2.05) is 12.1 Å². The summed E-state index contributed by atoms with van der Waals surface area (Å²) in [6.45, 7) is 6.81. The smallest absolute Gasteiger partial charge is 0.306 e. The van der Waals surface area contributed by atoms with Crippen molar-refractivity contribution in [1.82, 2.24) is 5.32 Å². The van der Waals surface area contributed by atoms with E-state index in [-0.39, 0.29) is 31.3 Å². The molecule has 4 N–H and O–H groups in total. The van der Waals surface area contributed by atoms with Crippen molar-refractivity contribution in [2.45, 2.75) is 58.6 Å². The molecule has 2 rings (SSSR count). The van der Waals surface area contributed by atoms with Gasteiger partial charge >= 0.3 is 5.97 Å². The van der Waals surface area contributed by atoms with Gasteiger partial charge in [0.1, 0.15) is 24.5 Å². The number of carbonyl (C=O) groups excluding carboxylic acids is 4. The summed E-state index contributed by atoms with van der Waals surface area (Å²) in [6.07, 6.45) is 2.13. The first-order chi connectivity index (χ1) is 16.5. The highest BCUT2D eigenvalue weighted by Crippen LogP contribution is 2.20. The van der Waals surface area contributed by atoms with Crippen molar-refractivity contribution < 1.29 is 29.0 Å². The molecule has 0 bridgehead atoms. The van der Waals surface area contributed by atoms with Gasteiger partial charge in [-0.25, -0.2) is 0 Å². The van der Waals surface area contributed by atoms with Crippen LogP contribution in [0.3, 0.4) is 0 Å². The van der Waals surface area contributed by atoms with Gasteiger partial charge in [-0.1, -0.05) is 43.3 Å². The number of benzene rings is 2. The molecule has 1 amide bonds. The van der Waals surface area contributed by atoms with Crippen molar-refractivity contribution in [1.29, 1.82) is 0 Å². The maximum absolute atomic E-state index is 12.2. The van der Waals surface area contributed by atoms with Crippen LogP contribution in [-0.4, -0.2) is 53.8 Å². The highest BCUT2D eigenvalue weighted by atomic mass is 16.6. The van der Waals surface area contributed by atoms with Crippen LogP contribution in [0.2, 0.25) is 0 Å². The van der Waals surface area contributed by atoms with Crippen LogP contribution in [0.4, 0.5) is 0 Å². The molecule has 0 aliphatic rings. The molecule has 8 heteroatoms. The third-order valence-corrected chi connectivity index (χ3v) is 4.81. The lowest BCUT2D eigenvalue weighted by molar-refractivity contribution is -0.155. The normalized spacial score (nSPS) is 11.5. The summed E-state index contributed by atoms with van der Waals surface area (Å²) in [6, 6.07) is 14.5. The molecule has 2 aromatic carbocycles. The molecular formula is C27H36N2O6. The van der Waals surface area contributed by atoms with Gasteiger partial charge in [-0.2, -0.15) is 0 Å². The number of esters is 1. The van der Waals surface area contributed by atoms with Crippen LogP contribution in [0, 0.1) is 0 Å². The molecule has 1 atom stereocenters. The maximum Gasteiger partial charge on any atom is 0.306 e. The summed E-state index contributed by atoms with van der Waals surface area (Å²) in [5.74, 6) is -1.21. The van der Waals surface area contributed by atoms with Crippen molar-refractivity contribution >= 4 is 23.9 Å². The Bertz CT molecular complexity index is 963. The zero-order valence-corrected chi connectivity index (χ0v) is 20.9. The van der Waals surface area contributed by atoms with Gasteiger partial charge in [-0.15, -0.1) is 0 Å². The Morgan fingerprint density at radius 1 is 1.03 bits per heavy atom. The highest BCUT2D eigenvalue weighted by Gasteiger charge is 2.19. The molecule has 8 nitrogen and oxygen atoms in total. The number of nitrogens with two attached hydrogens (primary N) is 1. The molecule has 0 aliphatic heterocycles. The van der Waals surface area contributed by atoms with Gasteiger partial charge in [0, 0.05) is 18.5 Å². The molecule has 0 heterocycles. The van der Waals surface area contributed by atoms with Crippen LogP contribution < -0.4 is 11.1 Å². The van der Waals surface area contributed by atoms with E-state index in [1.54, 1.807) is 32.9 Å². The monoisotopic (exact) mass is 484 g/mol. The number of carbonyl (C=O) groups is 4. The van der Waals surface area contributed by atoms with E-state index in [0.29, 0.717) is 11.8 Å². The van der Waals surface area contributed by atoms with Gasteiger partial charge in [-0.05, 0) is 56.0 Å². The molecule has 0 radical (unpaired) electrons. The number of aliphatic hydroxyl groups is 1. The van der Waals surface area contributed by atoms with Gasteiger partial charge in [0.25, 0.3) is 5.91 Å². The Kier molecular flexibility index (Phi) is 12.6. The van der Waals surface area contributed by atoms with Crippen molar-refractivity contribution in [3.8, 4) is 11.1 Å². The molecule has 0 aromatic heterocycles. The largest absolute Gasteiger partial charge is 0.460 e. The second kappa shape index (κ2) is 14.8. The van der Waals surface area contributed by atoms with Gasteiger partial charge in [0.05, 0.1) is 6.42 Å². The number of nitrogens with one attached hydrogen (secondary N) is 1. The fourth-order valence-corrected chi connectivity index (χ4v) is 2.94. The van der Waals surface area contributed by atoms with E-state index >= 15 is 0 Å². The minimum absolute atomic E-state index is 0.0486. The Labute approximate surface area is 206 Å². The first kappa shape index (κ1) is 29.7. The second-order valence-electron chi connectivity index (χ2n) is 8.81. The number of rotatable bonds is 10. The number of aliphatic hydroxyl groups excluding tert-OH is 1. The molecule has 0 unspecified atom stereocenters. The summed E-state index contributed by atoms with van der Waals surface area (Å²) in [5.41, 5.74) is 8.81. The van der Waals surface area contributed by atoms with E-state index in [9.17, 15) is 19.2 Å². The minimum Gasteiger partial charge on any atom is -0.460 e. The zero-order chi connectivity index (χ0) is 26.4. The summed E-state index contributed by atoms with van der Waals surface area (Å²) < 4.78 is 4.94. The Morgan fingerprint density at radius 3 is 2.00 bits per heavy atom. The number of aryl methyl sites for hydroxylation is 1. The molecule has 0 fully saturated rings. The fraction of sp³-hybridized carbons (Fsp3) is 0.407. The van der Waals surface area contributed by atoms with Gasteiger partial charge in [0.15, 0.2) is 5.78 Å². The molecule has 2 aromatic rings. The predicted molar refractivity (Wildman–Crippen MR) is 135 cm³/mol. The maximum atomic E-state index is 12.2. The van der Waals surface area contributed by atoms with Gasteiger partial charge in [-0.3, -0.25) is 14.4 Å². The highest BCUT2D eigenvalue weighted by molar-refractivity contribution is 5.98. The van der Waals surface area contributed by atoms with Crippen LogP contribution in [0.15, 0.2) is 48.5 Å². The summed E-state index contributed by atoms with van der Waals surface area (Å²) >= 11 is 0. The standard InChI is InChI=1S/C19H22N2O3.C8H14O3/c1-2-13-3-5-14(6-4-13)15-7-9-16(10-8-15)19(24)21-17(11-20)18(23)12-22;1-8(2,3)11-7(10)5-4-6-9/h3-10,17,22H,2,11-12,20H2,1H3,(H,21,24);6H,4-5H2,1-3H3/t17-;/m0./s1. The Balaban J connectivity index is 0.000000471. The van der Waals surface area contributed by atoms with Crippen LogP contribution in [0.25, 0.3) is 11.1 Å². The topological polar surface area (TPSA) is 136 Å². The molecule has 35 heavy (non-hydrogen) atoms. The zero-order valence-electron chi connectivity index (χ0n) is 20.9. The van der Waals surface area contributed by atoms with E-state index < -0.39 is 24.0 Å². The number of hydrogen-bond acceptors (Lipinski definition) is 7. The van der Waals surface area contributed by atoms with E-state index in [1.165, 1.54) is 5.56 Å². The van der Waals surface area contributed by atoms with Crippen LogP contribution >= 0.6 is 0 Å². The average Bonchev–Trinajstić information content (AvgIpc) is 2.85. The lowest BCUT2D eigenvalue weighted by Gasteiger charge is -2.18. The molecule has 0 spiro atoms. The quantitative estimate of drug-likeness (QED) is 0.348. The number of aldehydes is 1. The average molecular weight is 485 g/mol. The third-order valence-electron chi connectivity index (χ3n) is 4.81. The van der Waals surface area contributed by atoms with E-state index in [0.717, 1.165) is 17.5 Å². The van der Waals surface area contributed by atoms with Crippen molar-refractivity contribution in [3.05, 3.63) is 59.7 Å². The van der Waals surface area contributed by atoms with E-state index in [4.69, 9.17) is 15.6 Å². The van der Waals surface area contributed by atoms with Gasteiger partial charge in [0.2, 0.25) is 0 Å². The van der Waals surface area contributed by atoms with E-state index in [2.05, 4.69) is 36.5 Å². The second-order valence-corrected chi connectivity index (χ2v) is 8.81. The lowest BCUT2D eigenvalue weighted by atomic mass is 10.0. The molecular weight excluding hydrogens is 448 g/mol. The third kappa shape index (κ3) is 11.1. The number of ketones is 1.